The van der Waals surface area contributed by atoms with Gasteiger partial charge < -0.3 is 9.84 Å². The Balaban J connectivity index is 3.47. The maximum absolute atomic E-state index is 10.1. The van der Waals surface area contributed by atoms with Crippen molar-refractivity contribution in [3.05, 3.63) is 12.2 Å². The molecule has 0 aromatic carbocycles. The Kier molecular flexibility index (Phi) is 6.24. The van der Waals surface area contributed by atoms with Crippen LogP contribution in [-0.2, 0) is 9.53 Å². The molecule has 0 bridgehead atoms. The Bertz CT molecular complexity index is 173. The van der Waals surface area contributed by atoms with Crippen LogP contribution in [0.5, 0.6) is 0 Å². The van der Waals surface area contributed by atoms with Crippen molar-refractivity contribution in [3.63, 3.8) is 0 Å². The van der Waals surface area contributed by atoms with Gasteiger partial charge >= 0.3 is 5.97 Å². The van der Waals surface area contributed by atoms with Crippen LogP contribution in [0.25, 0.3) is 0 Å². The summed E-state index contributed by atoms with van der Waals surface area (Å²) in [6, 6.07) is 0. The van der Waals surface area contributed by atoms with Gasteiger partial charge in [-0.25, -0.2) is 4.79 Å². The second kappa shape index (κ2) is 6.66. The van der Waals surface area contributed by atoms with Gasteiger partial charge in [-0.2, -0.15) is 0 Å². The van der Waals surface area contributed by atoms with Crippen LogP contribution in [-0.4, -0.2) is 23.8 Å². The van der Waals surface area contributed by atoms with Crippen LogP contribution in [0.2, 0.25) is 0 Å². The Morgan fingerprint density at radius 2 is 2.08 bits per heavy atom. The number of carboxylic acid groups (broad SMARTS) is 1. The van der Waals surface area contributed by atoms with E-state index in [1.807, 2.05) is 6.92 Å². The molecule has 0 saturated heterocycles. The van der Waals surface area contributed by atoms with Crippen LogP contribution >= 0.6 is 0 Å². The highest BCUT2D eigenvalue weighted by Gasteiger charge is 2.03. The number of aliphatic carboxylic acids is 1. The van der Waals surface area contributed by atoms with Gasteiger partial charge in [0.05, 0.1) is 12.7 Å². The molecule has 76 valence electrons. The molecular weight excluding hydrogens is 168 g/mol. The molecule has 0 amide bonds. The zero-order valence-corrected chi connectivity index (χ0v) is 8.49. The third kappa shape index (κ3) is 9.08. The summed E-state index contributed by atoms with van der Waals surface area (Å²) >= 11 is 0. The second-order valence-corrected chi connectivity index (χ2v) is 3.51. The lowest BCUT2D eigenvalue weighted by Crippen LogP contribution is -2.11. The molecule has 1 unspecified atom stereocenters. The van der Waals surface area contributed by atoms with Crippen LogP contribution in [0.1, 0.15) is 27.2 Å². The van der Waals surface area contributed by atoms with E-state index in [9.17, 15) is 4.79 Å². The summed E-state index contributed by atoms with van der Waals surface area (Å²) in [6.07, 6.45) is 3.81. The molecule has 3 heteroatoms. The quantitative estimate of drug-likeness (QED) is 0.646. The fraction of sp³-hybridized carbons (Fsp3) is 0.700. The SMILES string of the molecule is CC(C)CC(C)OCC=CC(=O)O. The predicted octanol–water partition coefficient (Wildman–Crippen LogP) is 2.08. The first-order valence-electron chi connectivity index (χ1n) is 4.53. The van der Waals surface area contributed by atoms with Crippen LogP contribution in [0, 0.1) is 5.92 Å². The summed E-state index contributed by atoms with van der Waals surface area (Å²) in [5.74, 6) is -0.321. The molecule has 0 saturated carbocycles. The van der Waals surface area contributed by atoms with Gasteiger partial charge in [-0.3, -0.25) is 0 Å². The van der Waals surface area contributed by atoms with Crippen molar-refractivity contribution in [1.29, 1.82) is 0 Å². The largest absolute Gasteiger partial charge is 0.478 e. The van der Waals surface area contributed by atoms with Crippen molar-refractivity contribution >= 4 is 5.97 Å². The highest BCUT2D eigenvalue weighted by Crippen LogP contribution is 2.06. The Morgan fingerprint density at radius 1 is 1.46 bits per heavy atom. The molecule has 3 nitrogen and oxygen atoms in total. The summed E-state index contributed by atoms with van der Waals surface area (Å²) < 4.78 is 5.35. The summed E-state index contributed by atoms with van der Waals surface area (Å²) in [7, 11) is 0. The monoisotopic (exact) mass is 186 g/mol. The molecule has 0 aliphatic heterocycles. The standard InChI is InChI=1S/C10H18O3/c1-8(2)7-9(3)13-6-4-5-10(11)12/h4-5,8-9H,6-7H2,1-3H3,(H,11,12). The van der Waals surface area contributed by atoms with Crippen molar-refractivity contribution < 1.29 is 14.6 Å². The van der Waals surface area contributed by atoms with E-state index in [1.165, 1.54) is 6.08 Å². The maximum atomic E-state index is 10.1. The normalized spacial score (nSPS) is 13.8. The molecule has 0 fully saturated rings. The third-order valence-corrected chi connectivity index (χ3v) is 1.54. The predicted molar refractivity (Wildman–Crippen MR) is 51.6 cm³/mol. The number of rotatable bonds is 6. The van der Waals surface area contributed by atoms with Crippen molar-refractivity contribution in [3.8, 4) is 0 Å². The van der Waals surface area contributed by atoms with Crippen LogP contribution in [0.3, 0.4) is 0 Å². The van der Waals surface area contributed by atoms with Crippen molar-refractivity contribution in [1.82, 2.24) is 0 Å². The fourth-order valence-electron chi connectivity index (χ4n) is 1.10. The first kappa shape index (κ1) is 12.2. The van der Waals surface area contributed by atoms with E-state index in [2.05, 4.69) is 13.8 Å². The average molecular weight is 186 g/mol. The Morgan fingerprint density at radius 3 is 2.54 bits per heavy atom. The van der Waals surface area contributed by atoms with Crippen molar-refractivity contribution in [2.24, 2.45) is 5.92 Å². The van der Waals surface area contributed by atoms with Gasteiger partial charge in [-0.15, -0.1) is 0 Å². The molecule has 0 aliphatic rings. The van der Waals surface area contributed by atoms with Gasteiger partial charge in [0.2, 0.25) is 0 Å². The molecule has 0 spiro atoms. The minimum absolute atomic E-state index is 0.193. The molecule has 1 atom stereocenters. The van der Waals surface area contributed by atoms with Crippen LogP contribution in [0.15, 0.2) is 12.2 Å². The van der Waals surface area contributed by atoms with E-state index in [0.717, 1.165) is 12.5 Å². The molecule has 0 aromatic heterocycles. The minimum atomic E-state index is -0.930. The lowest BCUT2D eigenvalue weighted by molar-refractivity contribution is -0.131. The molecule has 0 aliphatic carbocycles. The number of hydrogen-bond acceptors (Lipinski definition) is 2. The lowest BCUT2D eigenvalue weighted by Gasteiger charge is -2.13. The van der Waals surface area contributed by atoms with Gasteiger partial charge in [0.1, 0.15) is 0 Å². The van der Waals surface area contributed by atoms with E-state index in [1.54, 1.807) is 0 Å². The number of carboxylic acids is 1. The van der Waals surface area contributed by atoms with E-state index in [4.69, 9.17) is 9.84 Å². The van der Waals surface area contributed by atoms with Gasteiger partial charge in [-0.05, 0) is 19.3 Å². The fourth-order valence-corrected chi connectivity index (χ4v) is 1.10. The average Bonchev–Trinajstić information content (AvgIpc) is 1.96. The zero-order valence-electron chi connectivity index (χ0n) is 8.49. The van der Waals surface area contributed by atoms with E-state index < -0.39 is 5.97 Å². The molecule has 0 radical (unpaired) electrons. The highest BCUT2D eigenvalue weighted by atomic mass is 16.5. The molecular formula is C10H18O3. The molecule has 1 N–H and O–H groups in total. The summed E-state index contributed by atoms with van der Waals surface area (Å²) in [4.78, 5) is 10.1. The Hall–Kier alpha value is -0.830. The minimum Gasteiger partial charge on any atom is -0.478 e. The number of carbonyl (C=O) groups is 1. The third-order valence-electron chi connectivity index (χ3n) is 1.54. The second-order valence-electron chi connectivity index (χ2n) is 3.51. The molecule has 0 heterocycles. The van der Waals surface area contributed by atoms with Gasteiger partial charge in [0.25, 0.3) is 0 Å². The first-order valence-corrected chi connectivity index (χ1v) is 4.53. The molecule has 0 rings (SSSR count). The van der Waals surface area contributed by atoms with Gasteiger partial charge in [-0.1, -0.05) is 19.9 Å². The van der Waals surface area contributed by atoms with Crippen LogP contribution < -0.4 is 0 Å². The van der Waals surface area contributed by atoms with Gasteiger partial charge in [0, 0.05) is 6.08 Å². The van der Waals surface area contributed by atoms with E-state index in [0.29, 0.717) is 12.5 Å². The van der Waals surface area contributed by atoms with Crippen molar-refractivity contribution in [2.45, 2.75) is 33.3 Å². The van der Waals surface area contributed by atoms with E-state index >= 15 is 0 Å². The summed E-state index contributed by atoms with van der Waals surface area (Å²) in [5, 5.41) is 8.28. The number of hydrogen-bond donors (Lipinski definition) is 1. The first-order chi connectivity index (χ1) is 6.02. The molecule has 0 aromatic rings. The van der Waals surface area contributed by atoms with Crippen LogP contribution in [0.4, 0.5) is 0 Å². The lowest BCUT2D eigenvalue weighted by atomic mass is 10.1. The summed E-state index contributed by atoms with van der Waals surface area (Å²) in [5.41, 5.74) is 0. The topological polar surface area (TPSA) is 46.5 Å². The molecule has 13 heavy (non-hydrogen) atoms. The van der Waals surface area contributed by atoms with Crippen molar-refractivity contribution in [2.75, 3.05) is 6.61 Å². The zero-order chi connectivity index (χ0) is 10.3. The highest BCUT2D eigenvalue weighted by molar-refractivity contribution is 5.79. The Labute approximate surface area is 79.4 Å². The summed E-state index contributed by atoms with van der Waals surface area (Å²) in [6.45, 7) is 6.63. The maximum Gasteiger partial charge on any atom is 0.328 e. The smallest absolute Gasteiger partial charge is 0.328 e. The van der Waals surface area contributed by atoms with Gasteiger partial charge in [0.15, 0.2) is 0 Å². The number of ether oxygens (including phenoxy) is 1. The van der Waals surface area contributed by atoms with E-state index in [-0.39, 0.29) is 6.10 Å².